The Morgan fingerprint density at radius 2 is 1.81 bits per heavy atom. The molecule has 0 amide bonds. The summed E-state index contributed by atoms with van der Waals surface area (Å²) in [4.78, 5) is 0. The maximum Gasteiger partial charge on any atom is 0.149 e. The van der Waals surface area contributed by atoms with E-state index in [4.69, 9.17) is 4.74 Å². The summed E-state index contributed by atoms with van der Waals surface area (Å²) >= 11 is 0. The Hall–Kier alpha value is -1.16. The van der Waals surface area contributed by atoms with Gasteiger partial charge < -0.3 is 10.1 Å². The number of nitrogens with one attached hydrogen (secondary N) is 1. The van der Waals surface area contributed by atoms with Gasteiger partial charge in [0.05, 0.1) is 5.60 Å². The van der Waals surface area contributed by atoms with Crippen molar-refractivity contribution < 1.29 is 13.5 Å². The molecule has 0 atom stereocenters. The Kier molecular flexibility index (Phi) is 4.24. The van der Waals surface area contributed by atoms with E-state index in [0.717, 1.165) is 0 Å². The molecule has 2 nitrogen and oxygen atoms in total. The van der Waals surface area contributed by atoms with E-state index in [1.165, 1.54) is 18.2 Å². The number of methoxy groups -OCH3 is 1. The minimum absolute atomic E-state index is 0.0746. The smallest absolute Gasteiger partial charge is 0.149 e. The Balaban J connectivity index is 2.56. The fourth-order valence-electron chi connectivity index (χ4n) is 1.26. The van der Waals surface area contributed by atoms with Crippen LogP contribution in [0.3, 0.4) is 0 Å². The largest absolute Gasteiger partial charge is 0.380 e. The number of para-hydroxylation sites is 1. The third-order valence-corrected chi connectivity index (χ3v) is 2.54. The predicted octanol–water partition coefficient (Wildman–Crippen LogP) is 3.19. The van der Waals surface area contributed by atoms with Crippen LogP contribution in [0, 0.1) is 11.6 Å². The first kappa shape index (κ1) is 12.9. The van der Waals surface area contributed by atoms with Crippen LogP contribution in [0.15, 0.2) is 18.2 Å². The number of rotatable bonds is 5. The van der Waals surface area contributed by atoms with Crippen molar-refractivity contribution in [1.29, 1.82) is 0 Å². The lowest BCUT2D eigenvalue weighted by Crippen LogP contribution is -2.26. The first-order chi connectivity index (χ1) is 7.46. The summed E-state index contributed by atoms with van der Waals surface area (Å²) in [6.07, 6.45) is 0.664. The van der Waals surface area contributed by atoms with E-state index in [0.29, 0.717) is 13.0 Å². The molecule has 16 heavy (non-hydrogen) atoms. The highest BCUT2D eigenvalue weighted by Crippen LogP contribution is 2.19. The van der Waals surface area contributed by atoms with Gasteiger partial charge >= 0.3 is 0 Å². The normalized spacial score (nSPS) is 11.6. The topological polar surface area (TPSA) is 21.3 Å². The second-order valence-electron chi connectivity index (χ2n) is 4.24. The summed E-state index contributed by atoms with van der Waals surface area (Å²) in [5, 5.41) is 2.74. The van der Waals surface area contributed by atoms with Gasteiger partial charge in [0.2, 0.25) is 0 Å². The van der Waals surface area contributed by atoms with Crippen molar-refractivity contribution in [3.05, 3.63) is 29.8 Å². The minimum Gasteiger partial charge on any atom is -0.380 e. The molecule has 90 valence electrons. The molecule has 1 N–H and O–H groups in total. The zero-order valence-corrected chi connectivity index (χ0v) is 9.81. The highest BCUT2D eigenvalue weighted by atomic mass is 19.1. The van der Waals surface area contributed by atoms with Crippen molar-refractivity contribution >= 4 is 5.69 Å². The summed E-state index contributed by atoms with van der Waals surface area (Å²) in [5.74, 6) is -1.15. The van der Waals surface area contributed by atoms with Crippen LogP contribution in [0.5, 0.6) is 0 Å². The third kappa shape index (κ3) is 3.45. The molecule has 0 bridgehead atoms. The van der Waals surface area contributed by atoms with Crippen molar-refractivity contribution in [2.24, 2.45) is 0 Å². The number of ether oxygens (including phenoxy) is 1. The Bertz CT molecular complexity index is 333. The molecular weight excluding hydrogens is 212 g/mol. The molecule has 0 radical (unpaired) electrons. The zero-order chi connectivity index (χ0) is 12.2. The van der Waals surface area contributed by atoms with Crippen LogP contribution in [0.1, 0.15) is 20.3 Å². The Morgan fingerprint density at radius 1 is 1.25 bits per heavy atom. The molecule has 0 aliphatic heterocycles. The van der Waals surface area contributed by atoms with Gasteiger partial charge in [0.15, 0.2) is 0 Å². The first-order valence-electron chi connectivity index (χ1n) is 5.19. The number of benzene rings is 1. The summed E-state index contributed by atoms with van der Waals surface area (Å²) in [6.45, 7) is 4.30. The Labute approximate surface area is 94.6 Å². The first-order valence-corrected chi connectivity index (χ1v) is 5.19. The zero-order valence-electron chi connectivity index (χ0n) is 9.81. The van der Waals surface area contributed by atoms with Crippen molar-refractivity contribution in [2.45, 2.75) is 25.9 Å². The van der Waals surface area contributed by atoms with Gasteiger partial charge in [-0.05, 0) is 32.4 Å². The SMILES string of the molecule is COC(C)(C)CCNc1c(F)cccc1F. The molecule has 4 heteroatoms. The highest BCUT2D eigenvalue weighted by Gasteiger charge is 2.16. The molecule has 1 rings (SSSR count). The maximum absolute atomic E-state index is 13.2. The quantitative estimate of drug-likeness (QED) is 0.837. The van der Waals surface area contributed by atoms with Gasteiger partial charge in [0.25, 0.3) is 0 Å². The fourth-order valence-corrected chi connectivity index (χ4v) is 1.26. The van der Waals surface area contributed by atoms with Gasteiger partial charge in [0, 0.05) is 13.7 Å². The standard InChI is InChI=1S/C12H17F2NO/c1-12(2,16-3)7-8-15-11-9(13)5-4-6-10(11)14/h4-6,15H,7-8H2,1-3H3. The van der Waals surface area contributed by atoms with Crippen molar-refractivity contribution in [3.8, 4) is 0 Å². The van der Waals surface area contributed by atoms with Gasteiger partial charge in [-0.1, -0.05) is 6.07 Å². The fraction of sp³-hybridized carbons (Fsp3) is 0.500. The molecule has 0 spiro atoms. The monoisotopic (exact) mass is 229 g/mol. The molecule has 1 aromatic rings. The van der Waals surface area contributed by atoms with E-state index in [1.54, 1.807) is 7.11 Å². The molecule has 0 aliphatic rings. The van der Waals surface area contributed by atoms with Crippen LogP contribution < -0.4 is 5.32 Å². The molecule has 0 aliphatic carbocycles. The van der Waals surface area contributed by atoms with Crippen LogP contribution in [0.2, 0.25) is 0 Å². The summed E-state index contributed by atoms with van der Waals surface area (Å²) in [6, 6.07) is 3.80. The van der Waals surface area contributed by atoms with Gasteiger partial charge in [-0.3, -0.25) is 0 Å². The summed E-state index contributed by atoms with van der Waals surface area (Å²) in [7, 11) is 1.61. The number of anilines is 1. The second kappa shape index (κ2) is 5.25. The second-order valence-corrected chi connectivity index (χ2v) is 4.24. The van der Waals surface area contributed by atoms with Crippen molar-refractivity contribution in [3.63, 3.8) is 0 Å². The third-order valence-electron chi connectivity index (χ3n) is 2.54. The maximum atomic E-state index is 13.2. The average Bonchev–Trinajstić information content (AvgIpc) is 2.22. The van der Waals surface area contributed by atoms with E-state index in [1.807, 2.05) is 13.8 Å². The molecule has 0 saturated carbocycles. The molecule has 0 heterocycles. The van der Waals surface area contributed by atoms with Crippen LogP contribution in [0.25, 0.3) is 0 Å². The molecule has 0 unspecified atom stereocenters. The van der Waals surface area contributed by atoms with Gasteiger partial charge in [-0.25, -0.2) is 8.78 Å². The van der Waals surface area contributed by atoms with Crippen LogP contribution in [-0.2, 0) is 4.74 Å². The van der Waals surface area contributed by atoms with E-state index < -0.39 is 11.6 Å². The molecule has 0 saturated heterocycles. The number of halogens is 2. The lowest BCUT2D eigenvalue weighted by atomic mass is 10.1. The average molecular weight is 229 g/mol. The van der Waals surface area contributed by atoms with Gasteiger partial charge in [0.1, 0.15) is 17.3 Å². The van der Waals surface area contributed by atoms with Crippen LogP contribution in [-0.4, -0.2) is 19.3 Å². The lowest BCUT2D eigenvalue weighted by molar-refractivity contribution is 0.0184. The van der Waals surface area contributed by atoms with Gasteiger partial charge in [-0.15, -0.1) is 0 Å². The number of hydrogen-bond acceptors (Lipinski definition) is 2. The Morgan fingerprint density at radius 3 is 2.31 bits per heavy atom. The summed E-state index contributed by atoms with van der Waals surface area (Å²) in [5.41, 5.74) is -0.372. The van der Waals surface area contributed by atoms with E-state index in [2.05, 4.69) is 5.32 Å². The molecule has 1 aromatic carbocycles. The number of hydrogen-bond donors (Lipinski definition) is 1. The summed E-state index contributed by atoms with van der Waals surface area (Å²) < 4.78 is 31.6. The van der Waals surface area contributed by atoms with Crippen LogP contribution >= 0.6 is 0 Å². The van der Waals surface area contributed by atoms with Crippen LogP contribution in [0.4, 0.5) is 14.5 Å². The highest BCUT2D eigenvalue weighted by molar-refractivity contribution is 5.45. The molecule has 0 fully saturated rings. The predicted molar refractivity (Wildman–Crippen MR) is 60.6 cm³/mol. The van der Waals surface area contributed by atoms with Crippen molar-refractivity contribution in [2.75, 3.05) is 19.0 Å². The van der Waals surface area contributed by atoms with Gasteiger partial charge in [-0.2, -0.15) is 0 Å². The van der Waals surface area contributed by atoms with E-state index in [-0.39, 0.29) is 11.3 Å². The van der Waals surface area contributed by atoms with E-state index in [9.17, 15) is 8.78 Å². The molecule has 0 aromatic heterocycles. The molecular formula is C12H17F2NO. The van der Waals surface area contributed by atoms with Crippen molar-refractivity contribution in [1.82, 2.24) is 0 Å². The lowest BCUT2D eigenvalue weighted by Gasteiger charge is -2.23. The van der Waals surface area contributed by atoms with E-state index >= 15 is 0 Å². The minimum atomic E-state index is -0.574.